The van der Waals surface area contributed by atoms with E-state index in [4.69, 9.17) is 0 Å². The number of aromatic amines is 1. The van der Waals surface area contributed by atoms with Crippen molar-refractivity contribution in [1.82, 2.24) is 20.6 Å². The first kappa shape index (κ1) is 17.0. The van der Waals surface area contributed by atoms with Crippen molar-refractivity contribution in [1.29, 1.82) is 0 Å². The van der Waals surface area contributed by atoms with Crippen LogP contribution in [0.15, 0.2) is 47.7 Å². The van der Waals surface area contributed by atoms with Crippen molar-refractivity contribution in [2.75, 3.05) is 13.6 Å². The molecule has 3 rings (SSSR count). The summed E-state index contributed by atoms with van der Waals surface area (Å²) >= 11 is 0. The fourth-order valence-corrected chi connectivity index (χ4v) is 2.91. The van der Waals surface area contributed by atoms with Crippen LogP contribution >= 0.6 is 0 Å². The molecule has 0 atom stereocenters. The molecule has 5 nitrogen and oxygen atoms in total. The Bertz CT molecular complexity index is 879. The van der Waals surface area contributed by atoms with Crippen molar-refractivity contribution < 1.29 is 0 Å². The molecule has 130 valence electrons. The fourth-order valence-electron chi connectivity index (χ4n) is 2.91. The van der Waals surface area contributed by atoms with Gasteiger partial charge in [-0.05, 0) is 49.1 Å². The first-order valence-electron chi connectivity index (χ1n) is 8.59. The van der Waals surface area contributed by atoms with Crippen LogP contribution in [0.2, 0.25) is 0 Å². The van der Waals surface area contributed by atoms with Crippen LogP contribution in [0.5, 0.6) is 0 Å². The molecule has 0 radical (unpaired) electrons. The molecule has 0 aliphatic carbocycles. The van der Waals surface area contributed by atoms with Gasteiger partial charge in [0.2, 0.25) is 0 Å². The van der Waals surface area contributed by atoms with Crippen molar-refractivity contribution in [3.63, 3.8) is 0 Å². The largest absolute Gasteiger partial charge is 0.361 e. The van der Waals surface area contributed by atoms with Gasteiger partial charge in [-0.3, -0.25) is 9.98 Å². The summed E-state index contributed by atoms with van der Waals surface area (Å²) in [4.78, 5) is 12.0. The van der Waals surface area contributed by atoms with E-state index in [0.29, 0.717) is 6.54 Å². The second kappa shape index (κ2) is 7.83. The molecular formula is C20H25N5. The number of aromatic nitrogens is 2. The van der Waals surface area contributed by atoms with Crippen molar-refractivity contribution in [2.45, 2.75) is 26.8 Å². The normalized spacial score (nSPS) is 11.7. The third-order valence-electron chi connectivity index (χ3n) is 4.37. The maximum absolute atomic E-state index is 4.40. The molecule has 0 fully saturated rings. The second-order valence-corrected chi connectivity index (χ2v) is 6.23. The van der Waals surface area contributed by atoms with Crippen LogP contribution in [0.1, 0.15) is 22.4 Å². The predicted octanol–water partition coefficient (Wildman–Crippen LogP) is 3.09. The average Bonchev–Trinajstić information content (AvgIpc) is 3.01. The molecule has 3 aromatic rings. The highest BCUT2D eigenvalue weighted by Crippen LogP contribution is 2.19. The summed E-state index contributed by atoms with van der Waals surface area (Å²) in [6, 6.07) is 10.5. The number of H-pyrrole nitrogens is 1. The topological polar surface area (TPSA) is 65.1 Å². The van der Waals surface area contributed by atoms with E-state index in [-0.39, 0.29) is 0 Å². The minimum atomic E-state index is 0.665. The van der Waals surface area contributed by atoms with Gasteiger partial charge in [-0.1, -0.05) is 18.2 Å². The van der Waals surface area contributed by atoms with Gasteiger partial charge in [0.05, 0.1) is 12.2 Å². The molecule has 3 N–H and O–H groups in total. The summed E-state index contributed by atoms with van der Waals surface area (Å²) in [6.45, 7) is 5.67. The average molecular weight is 335 g/mol. The first-order chi connectivity index (χ1) is 12.2. The van der Waals surface area contributed by atoms with Gasteiger partial charge in [-0.25, -0.2) is 0 Å². The smallest absolute Gasteiger partial charge is 0.191 e. The molecule has 0 aliphatic heterocycles. The minimum Gasteiger partial charge on any atom is -0.361 e. The molecule has 0 saturated carbocycles. The zero-order chi connectivity index (χ0) is 17.6. The lowest BCUT2D eigenvalue weighted by Gasteiger charge is -2.12. The van der Waals surface area contributed by atoms with Crippen LogP contribution in [-0.2, 0) is 13.0 Å². The zero-order valence-electron chi connectivity index (χ0n) is 15.1. The van der Waals surface area contributed by atoms with E-state index in [2.05, 4.69) is 69.9 Å². The van der Waals surface area contributed by atoms with Gasteiger partial charge in [0.1, 0.15) is 0 Å². The number of nitrogens with zero attached hydrogens (tertiary/aromatic N) is 2. The molecule has 0 saturated heterocycles. The summed E-state index contributed by atoms with van der Waals surface area (Å²) in [7, 11) is 1.79. The van der Waals surface area contributed by atoms with Gasteiger partial charge in [-0.2, -0.15) is 0 Å². The summed E-state index contributed by atoms with van der Waals surface area (Å²) in [5, 5.41) is 7.98. The third kappa shape index (κ3) is 4.18. The van der Waals surface area contributed by atoms with Gasteiger partial charge >= 0.3 is 0 Å². The number of aryl methyl sites for hydroxylation is 2. The molecule has 2 heterocycles. The second-order valence-electron chi connectivity index (χ2n) is 6.23. The molecule has 0 unspecified atom stereocenters. The van der Waals surface area contributed by atoms with E-state index in [9.17, 15) is 0 Å². The first-order valence-corrected chi connectivity index (χ1v) is 8.59. The molecular weight excluding hydrogens is 310 g/mol. The Morgan fingerprint density at radius 3 is 2.88 bits per heavy atom. The van der Waals surface area contributed by atoms with Crippen LogP contribution < -0.4 is 10.6 Å². The molecule has 0 amide bonds. The summed E-state index contributed by atoms with van der Waals surface area (Å²) in [5.74, 6) is 0.792. The number of hydrogen-bond acceptors (Lipinski definition) is 2. The molecule has 5 heteroatoms. The number of pyridine rings is 1. The number of benzene rings is 1. The molecule has 25 heavy (non-hydrogen) atoms. The molecule has 1 aromatic carbocycles. The van der Waals surface area contributed by atoms with E-state index in [0.717, 1.165) is 24.6 Å². The fraction of sp³-hybridized carbons (Fsp3) is 0.300. The lowest BCUT2D eigenvalue weighted by molar-refractivity contribution is 0.781. The summed E-state index contributed by atoms with van der Waals surface area (Å²) < 4.78 is 0. The standard InChI is InChI=1S/C20H25N5/c1-14-6-7-17-16(12-24-18(17)11-14)8-10-23-20(21-3)25-13-19-15(2)5-4-9-22-19/h4-7,9,11-12,24H,8,10,13H2,1-3H3,(H2,21,23,25). The highest BCUT2D eigenvalue weighted by atomic mass is 15.2. The molecule has 0 aliphatic rings. The number of aliphatic imine (C=N–C) groups is 1. The van der Waals surface area contributed by atoms with Crippen LogP contribution in [0.4, 0.5) is 0 Å². The van der Waals surface area contributed by atoms with Crippen molar-refractivity contribution in [3.05, 3.63) is 65.1 Å². The van der Waals surface area contributed by atoms with Crippen molar-refractivity contribution in [3.8, 4) is 0 Å². The summed E-state index contributed by atoms with van der Waals surface area (Å²) in [5.41, 5.74) is 6.01. The number of rotatable bonds is 5. The number of hydrogen-bond donors (Lipinski definition) is 3. The van der Waals surface area contributed by atoms with E-state index in [1.54, 1.807) is 7.05 Å². The van der Waals surface area contributed by atoms with E-state index < -0.39 is 0 Å². The third-order valence-corrected chi connectivity index (χ3v) is 4.37. The summed E-state index contributed by atoms with van der Waals surface area (Å²) in [6.07, 6.45) is 4.85. The van der Waals surface area contributed by atoms with Crippen LogP contribution in [0.25, 0.3) is 10.9 Å². The van der Waals surface area contributed by atoms with Gasteiger partial charge in [0, 0.05) is 36.9 Å². The molecule has 0 spiro atoms. The van der Waals surface area contributed by atoms with Crippen LogP contribution in [0.3, 0.4) is 0 Å². The van der Waals surface area contributed by atoms with Crippen LogP contribution in [-0.4, -0.2) is 29.5 Å². The highest BCUT2D eigenvalue weighted by Gasteiger charge is 2.05. The monoisotopic (exact) mass is 335 g/mol. The quantitative estimate of drug-likeness (QED) is 0.496. The lowest BCUT2D eigenvalue weighted by atomic mass is 10.1. The van der Waals surface area contributed by atoms with Gasteiger partial charge in [0.25, 0.3) is 0 Å². The maximum atomic E-state index is 4.40. The Morgan fingerprint density at radius 1 is 1.20 bits per heavy atom. The Morgan fingerprint density at radius 2 is 2.08 bits per heavy atom. The van der Waals surface area contributed by atoms with Gasteiger partial charge in [0.15, 0.2) is 5.96 Å². The Balaban J connectivity index is 1.54. The zero-order valence-corrected chi connectivity index (χ0v) is 15.1. The van der Waals surface area contributed by atoms with E-state index in [1.807, 2.05) is 12.3 Å². The molecule has 2 aromatic heterocycles. The maximum Gasteiger partial charge on any atom is 0.191 e. The predicted molar refractivity (Wildman–Crippen MR) is 104 cm³/mol. The lowest BCUT2D eigenvalue weighted by Crippen LogP contribution is -2.38. The number of nitrogens with one attached hydrogen (secondary N) is 3. The highest BCUT2D eigenvalue weighted by molar-refractivity contribution is 5.84. The number of guanidine groups is 1. The Hall–Kier alpha value is -2.82. The van der Waals surface area contributed by atoms with Gasteiger partial charge in [-0.15, -0.1) is 0 Å². The Kier molecular flexibility index (Phi) is 5.33. The van der Waals surface area contributed by atoms with Crippen molar-refractivity contribution in [2.24, 2.45) is 4.99 Å². The minimum absolute atomic E-state index is 0.665. The van der Waals surface area contributed by atoms with Crippen LogP contribution in [0, 0.1) is 13.8 Å². The number of fused-ring (bicyclic) bond motifs is 1. The van der Waals surface area contributed by atoms with E-state index >= 15 is 0 Å². The van der Waals surface area contributed by atoms with Crippen molar-refractivity contribution >= 4 is 16.9 Å². The van der Waals surface area contributed by atoms with Gasteiger partial charge < -0.3 is 15.6 Å². The SMILES string of the molecule is CN=C(NCCc1c[nH]c2cc(C)ccc12)NCc1ncccc1C. The van der Waals surface area contributed by atoms with E-state index in [1.165, 1.54) is 27.6 Å². The molecule has 0 bridgehead atoms. The Labute approximate surface area is 148 Å².